The number of hydrogen-bond donors (Lipinski definition) is 1. The molecule has 7 nitrogen and oxygen atoms in total. The lowest BCUT2D eigenvalue weighted by atomic mass is 9.80. The van der Waals surface area contributed by atoms with Crippen LogP contribution in [0.25, 0.3) is 0 Å². The highest BCUT2D eigenvalue weighted by Crippen LogP contribution is 2.34. The smallest absolute Gasteiger partial charge is 0.311 e. The first-order valence-corrected chi connectivity index (χ1v) is 8.41. The Morgan fingerprint density at radius 1 is 1.17 bits per heavy atom. The van der Waals surface area contributed by atoms with Crippen LogP contribution in [0.15, 0.2) is 18.2 Å². The van der Waals surface area contributed by atoms with Gasteiger partial charge in [-0.25, -0.2) is 0 Å². The van der Waals surface area contributed by atoms with Crippen molar-refractivity contribution in [1.82, 2.24) is 4.90 Å². The Morgan fingerprint density at radius 3 is 2.42 bits per heavy atom. The van der Waals surface area contributed by atoms with E-state index in [1.165, 1.54) is 18.2 Å². The molecule has 0 saturated carbocycles. The van der Waals surface area contributed by atoms with E-state index in [0.717, 1.165) is 38.9 Å². The summed E-state index contributed by atoms with van der Waals surface area (Å²) in [5, 5.41) is 20.9. The predicted molar refractivity (Wildman–Crippen MR) is 86.9 cm³/mol. The highest BCUT2D eigenvalue weighted by atomic mass is 16.6. The number of nitro groups is 1. The molecule has 0 radical (unpaired) electrons. The third-order valence-electron chi connectivity index (χ3n) is 5.20. The van der Waals surface area contributed by atoms with Crippen LogP contribution in [-0.4, -0.2) is 47.1 Å². The average Bonchev–Trinajstić information content (AvgIpc) is 2.62. The summed E-state index contributed by atoms with van der Waals surface area (Å²) in [5.41, 5.74) is -0.424. The quantitative estimate of drug-likeness (QED) is 0.677. The van der Waals surface area contributed by atoms with Crippen LogP contribution in [0.1, 0.15) is 36.0 Å². The molecular weight excluding hydrogens is 312 g/mol. The third kappa shape index (κ3) is 3.36. The summed E-state index contributed by atoms with van der Waals surface area (Å²) in [4.78, 5) is 24.5. The third-order valence-corrected chi connectivity index (χ3v) is 5.20. The number of carbonyl (C=O) groups is 1. The fourth-order valence-corrected chi connectivity index (χ4v) is 3.78. The number of benzene rings is 1. The second-order valence-corrected chi connectivity index (χ2v) is 6.51. The molecule has 0 aliphatic carbocycles. The highest BCUT2D eigenvalue weighted by Gasteiger charge is 2.31. The van der Waals surface area contributed by atoms with Gasteiger partial charge in [0.25, 0.3) is 5.91 Å². The summed E-state index contributed by atoms with van der Waals surface area (Å²) < 4.78 is 5.40. The lowest BCUT2D eigenvalue weighted by Crippen LogP contribution is -2.41. The molecule has 1 N–H and O–H groups in total. The van der Waals surface area contributed by atoms with Gasteiger partial charge in [-0.05, 0) is 43.6 Å². The number of nitrogens with zero attached hydrogens (tertiary/aromatic N) is 2. The molecule has 130 valence electrons. The van der Waals surface area contributed by atoms with Crippen molar-refractivity contribution in [2.24, 2.45) is 11.8 Å². The van der Waals surface area contributed by atoms with Gasteiger partial charge in [0.1, 0.15) is 0 Å². The average molecular weight is 334 g/mol. The Bertz CT molecular complexity index is 619. The minimum Gasteiger partial charge on any atom is -0.502 e. The molecule has 2 aliphatic heterocycles. The fourth-order valence-electron chi connectivity index (χ4n) is 3.78. The number of para-hydroxylation sites is 1. The number of phenols is 1. The first-order chi connectivity index (χ1) is 11.6. The fraction of sp³-hybridized carbons (Fsp3) is 0.588. The van der Waals surface area contributed by atoms with Gasteiger partial charge in [-0.3, -0.25) is 14.9 Å². The number of ether oxygens (including phenoxy) is 1. The van der Waals surface area contributed by atoms with Crippen LogP contribution >= 0.6 is 0 Å². The van der Waals surface area contributed by atoms with Crippen LogP contribution in [-0.2, 0) is 4.74 Å². The van der Waals surface area contributed by atoms with E-state index in [0.29, 0.717) is 24.9 Å². The predicted octanol–water partition coefficient (Wildman–Crippen LogP) is 2.58. The second-order valence-electron chi connectivity index (χ2n) is 6.51. The van der Waals surface area contributed by atoms with Crippen molar-refractivity contribution in [3.8, 4) is 5.75 Å². The van der Waals surface area contributed by atoms with Crippen LogP contribution < -0.4 is 0 Å². The zero-order chi connectivity index (χ0) is 17.1. The van der Waals surface area contributed by atoms with Crippen molar-refractivity contribution in [3.63, 3.8) is 0 Å². The summed E-state index contributed by atoms with van der Waals surface area (Å²) in [6.45, 7) is 2.91. The number of phenolic OH excluding ortho intramolecular Hbond substituents is 1. The molecule has 0 bridgehead atoms. The van der Waals surface area contributed by atoms with Gasteiger partial charge in [-0.1, -0.05) is 6.07 Å². The van der Waals surface area contributed by atoms with Gasteiger partial charge >= 0.3 is 5.69 Å². The molecule has 1 aromatic carbocycles. The number of likely N-dealkylation sites (tertiary alicyclic amines) is 1. The Labute approximate surface area is 140 Å². The van der Waals surface area contributed by atoms with Crippen LogP contribution in [0.5, 0.6) is 5.75 Å². The van der Waals surface area contributed by atoms with Gasteiger partial charge in [0.2, 0.25) is 5.75 Å². The lowest BCUT2D eigenvalue weighted by Gasteiger charge is -2.37. The summed E-state index contributed by atoms with van der Waals surface area (Å²) >= 11 is 0. The maximum Gasteiger partial charge on any atom is 0.311 e. The topological polar surface area (TPSA) is 92.9 Å². The Kier molecular flexibility index (Phi) is 4.99. The van der Waals surface area contributed by atoms with Gasteiger partial charge in [-0.15, -0.1) is 0 Å². The number of aromatic hydroxyl groups is 1. The molecule has 2 saturated heterocycles. The van der Waals surface area contributed by atoms with Crippen molar-refractivity contribution >= 4 is 11.6 Å². The summed E-state index contributed by atoms with van der Waals surface area (Å²) in [6.07, 6.45) is 4.05. The molecule has 0 aromatic heterocycles. The van der Waals surface area contributed by atoms with Crippen molar-refractivity contribution in [2.45, 2.75) is 25.7 Å². The SMILES string of the molecule is O=C(c1cccc([N+](=O)[O-])c1O)N1CCC(C2CCOCC2)CC1. The zero-order valence-corrected chi connectivity index (χ0v) is 13.5. The van der Waals surface area contributed by atoms with Crippen molar-refractivity contribution in [2.75, 3.05) is 26.3 Å². The van der Waals surface area contributed by atoms with E-state index in [1.54, 1.807) is 4.90 Å². The van der Waals surface area contributed by atoms with Crippen molar-refractivity contribution in [3.05, 3.63) is 33.9 Å². The molecule has 3 rings (SSSR count). The second kappa shape index (κ2) is 7.17. The highest BCUT2D eigenvalue weighted by molar-refractivity contribution is 5.98. The summed E-state index contributed by atoms with van der Waals surface area (Å²) in [5.74, 6) is 0.402. The van der Waals surface area contributed by atoms with Gasteiger partial charge in [0.15, 0.2) is 0 Å². The number of nitro benzene ring substituents is 1. The number of hydrogen-bond acceptors (Lipinski definition) is 5. The van der Waals surface area contributed by atoms with Crippen LogP contribution in [0.4, 0.5) is 5.69 Å². The largest absolute Gasteiger partial charge is 0.502 e. The molecule has 1 aromatic rings. The van der Waals surface area contributed by atoms with Gasteiger partial charge in [0, 0.05) is 32.4 Å². The molecule has 0 unspecified atom stereocenters. The molecule has 0 atom stereocenters. The minimum absolute atomic E-state index is 0.00807. The van der Waals surface area contributed by atoms with E-state index >= 15 is 0 Å². The van der Waals surface area contributed by atoms with E-state index in [-0.39, 0.29) is 11.5 Å². The molecule has 2 heterocycles. The molecule has 24 heavy (non-hydrogen) atoms. The van der Waals surface area contributed by atoms with Crippen LogP contribution in [0.2, 0.25) is 0 Å². The first kappa shape index (κ1) is 16.7. The summed E-state index contributed by atoms with van der Waals surface area (Å²) in [6, 6.07) is 4.07. The van der Waals surface area contributed by atoms with E-state index in [4.69, 9.17) is 4.74 Å². The van der Waals surface area contributed by atoms with E-state index < -0.39 is 16.4 Å². The van der Waals surface area contributed by atoms with Crippen LogP contribution in [0.3, 0.4) is 0 Å². The standard InChI is InChI=1S/C17H22N2O5/c20-16-14(2-1-3-15(16)19(22)23)17(21)18-8-4-12(5-9-18)13-6-10-24-11-7-13/h1-3,12-13,20H,4-11H2. The molecule has 0 spiro atoms. The summed E-state index contributed by atoms with van der Waals surface area (Å²) in [7, 11) is 0. The van der Waals surface area contributed by atoms with Crippen molar-refractivity contribution in [1.29, 1.82) is 0 Å². The maximum absolute atomic E-state index is 12.6. The zero-order valence-electron chi connectivity index (χ0n) is 13.5. The normalized spacial score (nSPS) is 20.1. The van der Waals surface area contributed by atoms with Gasteiger partial charge in [-0.2, -0.15) is 0 Å². The molecular formula is C17H22N2O5. The molecule has 2 aliphatic rings. The number of piperidine rings is 1. The monoisotopic (exact) mass is 334 g/mol. The first-order valence-electron chi connectivity index (χ1n) is 8.41. The Hall–Kier alpha value is -2.15. The Morgan fingerprint density at radius 2 is 1.79 bits per heavy atom. The van der Waals surface area contributed by atoms with E-state index in [9.17, 15) is 20.0 Å². The van der Waals surface area contributed by atoms with Gasteiger partial charge in [0.05, 0.1) is 10.5 Å². The van der Waals surface area contributed by atoms with Crippen molar-refractivity contribution < 1.29 is 19.6 Å². The van der Waals surface area contributed by atoms with Gasteiger partial charge < -0.3 is 14.7 Å². The molecule has 2 fully saturated rings. The number of amides is 1. The van der Waals surface area contributed by atoms with E-state index in [2.05, 4.69) is 0 Å². The molecule has 7 heteroatoms. The molecule has 1 amide bonds. The number of carbonyl (C=O) groups excluding carboxylic acids is 1. The van der Waals surface area contributed by atoms with E-state index in [1.807, 2.05) is 0 Å². The minimum atomic E-state index is -0.677. The number of rotatable bonds is 3. The van der Waals surface area contributed by atoms with Crippen LogP contribution in [0, 0.1) is 22.0 Å². The lowest BCUT2D eigenvalue weighted by molar-refractivity contribution is -0.385. The Balaban J connectivity index is 1.65. The maximum atomic E-state index is 12.6.